The van der Waals surface area contributed by atoms with E-state index in [9.17, 15) is 0 Å². The molecule has 0 atom stereocenters. The molecule has 0 aromatic rings. The molecule has 2 heteroatoms. The van der Waals surface area contributed by atoms with E-state index in [0.717, 1.165) is 35.3 Å². The predicted molar refractivity (Wildman–Crippen MR) is 89.1 cm³/mol. The highest BCUT2D eigenvalue weighted by Gasteiger charge is 2.00. The second-order valence-electron chi connectivity index (χ2n) is 4.50. The highest BCUT2D eigenvalue weighted by Crippen LogP contribution is 2.18. The Bertz CT molecular complexity index is 448. The topological polar surface area (TPSA) is 35.2 Å². The van der Waals surface area contributed by atoms with Crippen LogP contribution in [0.2, 0.25) is 0 Å². The molecule has 2 N–H and O–H groups in total. The average molecular weight is 273 g/mol. The van der Waals surface area contributed by atoms with Crippen molar-refractivity contribution < 1.29 is 4.74 Å². The minimum atomic E-state index is 0.870. The van der Waals surface area contributed by atoms with E-state index in [-0.39, 0.29) is 0 Å². The quantitative estimate of drug-likeness (QED) is 0.392. The van der Waals surface area contributed by atoms with E-state index in [1.165, 1.54) is 0 Å². The summed E-state index contributed by atoms with van der Waals surface area (Å²) in [6, 6.07) is 0. The number of nitrogens with two attached hydrogens (primary N) is 1. The summed E-state index contributed by atoms with van der Waals surface area (Å²) in [4.78, 5) is 0. The summed E-state index contributed by atoms with van der Waals surface area (Å²) in [6.07, 6.45) is 15.6. The van der Waals surface area contributed by atoms with Crippen molar-refractivity contribution in [3.63, 3.8) is 0 Å². The lowest BCUT2D eigenvalue weighted by Gasteiger charge is -2.07. The highest BCUT2D eigenvalue weighted by molar-refractivity contribution is 5.42. The van der Waals surface area contributed by atoms with Crippen molar-refractivity contribution in [3.8, 4) is 0 Å². The van der Waals surface area contributed by atoms with Crippen LogP contribution in [-0.4, -0.2) is 7.11 Å². The van der Waals surface area contributed by atoms with Crippen LogP contribution in [0.15, 0.2) is 71.7 Å². The summed E-state index contributed by atoms with van der Waals surface area (Å²) in [6.45, 7) is 9.74. The van der Waals surface area contributed by atoms with Gasteiger partial charge in [0.2, 0.25) is 0 Å². The fourth-order valence-electron chi connectivity index (χ4n) is 1.65. The number of ether oxygens (including phenoxy) is 1. The van der Waals surface area contributed by atoms with Crippen LogP contribution in [0, 0.1) is 0 Å². The largest absolute Gasteiger partial charge is 0.501 e. The lowest BCUT2D eigenvalue weighted by Crippen LogP contribution is -1.92. The first-order valence-corrected chi connectivity index (χ1v) is 6.84. The molecule has 20 heavy (non-hydrogen) atoms. The van der Waals surface area contributed by atoms with Gasteiger partial charge >= 0.3 is 0 Å². The van der Waals surface area contributed by atoms with E-state index in [0.29, 0.717) is 0 Å². The van der Waals surface area contributed by atoms with Crippen molar-refractivity contribution in [1.29, 1.82) is 0 Å². The molecular formula is C18H27NO. The van der Waals surface area contributed by atoms with Crippen LogP contribution < -0.4 is 5.73 Å². The van der Waals surface area contributed by atoms with Crippen LogP contribution in [0.3, 0.4) is 0 Å². The predicted octanol–water partition coefficient (Wildman–Crippen LogP) is 4.79. The van der Waals surface area contributed by atoms with Gasteiger partial charge < -0.3 is 10.5 Å². The van der Waals surface area contributed by atoms with Crippen LogP contribution in [0.5, 0.6) is 0 Å². The molecule has 0 aliphatic carbocycles. The van der Waals surface area contributed by atoms with Crippen LogP contribution in [-0.2, 0) is 4.74 Å². The summed E-state index contributed by atoms with van der Waals surface area (Å²) < 4.78 is 5.21. The number of hydrogen-bond donors (Lipinski definition) is 1. The van der Waals surface area contributed by atoms with Gasteiger partial charge in [-0.25, -0.2) is 0 Å². The average Bonchev–Trinajstić information content (AvgIpc) is 2.45. The Morgan fingerprint density at radius 3 is 2.45 bits per heavy atom. The Morgan fingerprint density at radius 1 is 1.25 bits per heavy atom. The van der Waals surface area contributed by atoms with Gasteiger partial charge in [0.05, 0.1) is 12.9 Å². The van der Waals surface area contributed by atoms with Crippen molar-refractivity contribution in [2.45, 2.75) is 33.6 Å². The first-order chi connectivity index (χ1) is 9.58. The number of allylic oxidation sites excluding steroid dienone is 10. The molecule has 0 saturated heterocycles. The summed E-state index contributed by atoms with van der Waals surface area (Å²) in [5, 5.41) is 0. The summed E-state index contributed by atoms with van der Waals surface area (Å²) >= 11 is 0. The molecule has 0 fully saturated rings. The third-order valence-corrected chi connectivity index (χ3v) is 2.88. The third kappa shape index (κ3) is 7.47. The maximum absolute atomic E-state index is 5.71. The zero-order valence-corrected chi connectivity index (χ0v) is 13.1. The zero-order chi connectivity index (χ0) is 15.4. The van der Waals surface area contributed by atoms with Crippen LogP contribution in [0.4, 0.5) is 0 Å². The second-order valence-corrected chi connectivity index (χ2v) is 4.50. The minimum absolute atomic E-state index is 0.870. The molecule has 0 spiro atoms. The van der Waals surface area contributed by atoms with Gasteiger partial charge in [-0.2, -0.15) is 0 Å². The number of hydrogen-bond acceptors (Lipinski definition) is 2. The van der Waals surface area contributed by atoms with Crippen LogP contribution in [0.1, 0.15) is 33.6 Å². The molecule has 0 rings (SSSR count). The molecule has 0 heterocycles. The molecule has 0 aliphatic rings. The van der Waals surface area contributed by atoms with Gasteiger partial charge in [0, 0.05) is 0 Å². The molecule has 0 unspecified atom stereocenters. The molecule has 2 nitrogen and oxygen atoms in total. The minimum Gasteiger partial charge on any atom is -0.501 e. The van der Waals surface area contributed by atoms with Crippen molar-refractivity contribution in [2.24, 2.45) is 5.73 Å². The molecule has 0 radical (unpaired) electrons. The second kappa shape index (κ2) is 10.9. The van der Waals surface area contributed by atoms with Crippen molar-refractivity contribution >= 4 is 0 Å². The molecule has 0 aliphatic heterocycles. The van der Waals surface area contributed by atoms with E-state index in [4.69, 9.17) is 10.5 Å². The normalized spacial score (nSPS) is 14.8. The maximum Gasteiger partial charge on any atom is 0.0930 e. The standard InChI is InChI=1S/C18H27NO/c1-6-8-10-17(13-16(4)20-5)12-15(3)18(14-19)11-9-7-2/h6-8,10,12-14H,2,9,11,19H2,1,3-5H3/b8-6+,15-12+,16-13+,17-10-,18-14+. The number of methoxy groups -OCH3 is 1. The van der Waals surface area contributed by atoms with Gasteiger partial charge in [-0.3, -0.25) is 0 Å². The summed E-state index contributed by atoms with van der Waals surface area (Å²) in [5.74, 6) is 0.870. The van der Waals surface area contributed by atoms with E-state index in [1.54, 1.807) is 13.3 Å². The molecule has 0 amide bonds. The first kappa shape index (κ1) is 18.0. The van der Waals surface area contributed by atoms with Gasteiger partial charge in [-0.05, 0) is 62.6 Å². The van der Waals surface area contributed by atoms with E-state index >= 15 is 0 Å². The SMILES string of the molecule is C=CCCC(=C\N)/C(C)=C/C(=C/C=C/C)/C=C(\C)OC. The molecule has 0 aromatic carbocycles. The lowest BCUT2D eigenvalue weighted by atomic mass is 10.0. The molecule has 110 valence electrons. The van der Waals surface area contributed by atoms with Crippen molar-refractivity contribution in [2.75, 3.05) is 7.11 Å². The Kier molecular flexibility index (Phi) is 9.85. The van der Waals surface area contributed by atoms with E-state index in [1.807, 2.05) is 44.2 Å². The highest BCUT2D eigenvalue weighted by atomic mass is 16.5. The monoisotopic (exact) mass is 273 g/mol. The van der Waals surface area contributed by atoms with Gasteiger partial charge in [0.15, 0.2) is 0 Å². The molecule has 0 bridgehead atoms. The van der Waals surface area contributed by atoms with Crippen LogP contribution >= 0.6 is 0 Å². The van der Waals surface area contributed by atoms with Crippen molar-refractivity contribution in [1.82, 2.24) is 0 Å². The van der Waals surface area contributed by atoms with Crippen molar-refractivity contribution in [3.05, 3.63) is 71.7 Å². The lowest BCUT2D eigenvalue weighted by molar-refractivity contribution is 0.293. The fraction of sp³-hybridized carbons (Fsp3) is 0.333. The van der Waals surface area contributed by atoms with Gasteiger partial charge in [0.25, 0.3) is 0 Å². The van der Waals surface area contributed by atoms with E-state index < -0.39 is 0 Å². The fourth-order valence-corrected chi connectivity index (χ4v) is 1.65. The van der Waals surface area contributed by atoms with Crippen LogP contribution in [0.25, 0.3) is 0 Å². The molecule has 0 aromatic heterocycles. The molecular weight excluding hydrogens is 246 g/mol. The summed E-state index contributed by atoms with van der Waals surface area (Å²) in [7, 11) is 1.67. The zero-order valence-electron chi connectivity index (χ0n) is 13.1. The Morgan fingerprint density at radius 2 is 1.95 bits per heavy atom. The smallest absolute Gasteiger partial charge is 0.0930 e. The van der Waals surface area contributed by atoms with E-state index in [2.05, 4.69) is 19.6 Å². The Labute approximate surface area is 123 Å². The molecule has 0 saturated carbocycles. The van der Waals surface area contributed by atoms with Gasteiger partial charge in [-0.1, -0.05) is 30.4 Å². The van der Waals surface area contributed by atoms with Gasteiger partial charge in [0.1, 0.15) is 0 Å². The van der Waals surface area contributed by atoms with Gasteiger partial charge in [-0.15, -0.1) is 6.58 Å². The number of rotatable bonds is 8. The maximum atomic E-state index is 5.71. The third-order valence-electron chi connectivity index (χ3n) is 2.88. The summed E-state index contributed by atoms with van der Waals surface area (Å²) in [5.41, 5.74) is 9.08. The Balaban J connectivity index is 5.29. The first-order valence-electron chi connectivity index (χ1n) is 6.84. The Hall–Kier alpha value is -1.96.